The predicted molar refractivity (Wildman–Crippen MR) is 138 cm³/mol. The Morgan fingerprint density at radius 3 is 2.90 bits per heavy atom. The van der Waals surface area contributed by atoms with Crippen molar-refractivity contribution >= 4 is 41.3 Å². The van der Waals surface area contributed by atoms with E-state index in [2.05, 4.69) is 69.8 Å². The molecule has 1 saturated heterocycles. The van der Waals surface area contributed by atoms with Crippen LogP contribution in [0.5, 0.6) is 0 Å². The van der Waals surface area contributed by atoms with Crippen LogP contribution in [0.15, 0.2) is 28.7 Å². The van der Waals surface area contributed by atoms with Crippen LogP contribution in [-0.2, 0) is 20.1 Å². The van der Waals surface area contributed by atoms with Crippen molar-refractivity contribution in [3.05, 3.63) is 39.8 Å². The van der Waals surface area contributed by atoms with Crippen LogP contribution in [-0.4, -0.2) is 59.3 Å². The number of piperidine rings is 1. The summed E-state index contributed by atoms with van der Waals surface area (Å²) in [4.78, 5) is 10.8. The van der Waals surface area contributed by atoms with E-state index in [9.17, 15) is 0 Å². The van der Waals surface area contributed by atoms with Gasteiger partial charge in [-0.2, -0.15) is 5.10 Å². The number of likely N-dealkylation sites (tertiary alicyclic amines) is 1. The van der Waals surface area contributed by atoms with Gasteiger partial charge in [0.15, 0.2) is 5.96 Å². The van der Waals surface area contributed by atoms with E-state index >= 15 is 0 Å². The molecule has 2 aromatic rings. The molecule has 1 unspecified atom stereocenters. The fourth-order valence-electron chi connectivity index (χ4n) is 4.20. The standard InChI is InChI=1S/C22H36N6S.HI/c1-17(2)21-19(15-27(5)25-21)14-26(4)22(23-3)24-12-18-8-6-10-28(13-18)16-20-9-7-11-29-20;/h7,9,11,15,17-18H,6,8,10,12-14,16H2,1-5H3,(H,23,24);1H. The number of aryl methyl sites for hydroxylation is 1. The van der Waals surface area contributed by atoms with Gasteiger partial charge >= 0.3 is 0 Å². The molecule has 168 valence electrons. The maximum atomic E-state index is 4.63. The van der Waals surface area contributed by atoms with Crippen LogP contribution >= 0.6 is 35.3 Å². The number of rotatable bonds is 7. The molecule has 1 N–H and O–H groups in total. The van der Waals surface area contributed by atoms with Crippen molar-refractivity contribution in [1.82, 2.24) is 24.9 Å². The molecule has 0 saturated carbocycles. The van der Waals surface area contributed by atoms with Crippen molar-refractivity contribution in [1.29, 1.82) is 0 Å². The molecule has 2 aromatic heterocycles. The van der Waals surface area contributed by atoms with Crippen molar-refractivity contribution in [2.75, 3.05) is 33.7 Å². The smallest absolute Gasteiger partial charge is 0.193 e. The molecule has 1 aliphatic rings. The van der Waals surface area contributed by atoms with Crippen LogP contribution in [0.1, 0.15) is 48.7 Å². The van der Waals surface area contributed by atoms with E-state index < -0.39 is 0 Å². The molecule has 6 nitrogen and oxygen atoms in total. The molecule has 1 aliphatic heterocycles. The molecule has 1 fully saturated rings. The summed E-state index contributed by atoms with van der Waals surface area (Å²) in [6.45, 7) is 9.64. The molecule has 0 amide bonds. The van der Waals surface area contributed by atoms with Crippen LogP contribution in [0.2, 0.25) is 0 Å². The Morgan fingerprint density at radius 2 is 2.23 bits per heavy atom. The lowest BCUT2D eigenvalue weighted by atomic mass is 9.98. The van der Waals surface area contributed by atoms with Crippen LogP contribution in [0, 0.1) is 5.92 Å². The second-order valence-corrected chi connectivity index (χ2v) is 9.51. The summed E-state index contributed by atoms with van der Waals surface area (Å²) in [5.74, 6) is 2.04. The van der Waals surface area contributed by atoms with E-state index in [-0.39, 0.29) is 24.0 Å². The largest absolute Gasteiger partial charge is 0.356 e. The van der Waals surface area contributed by atoms with Crippen LogP contribution in [0.25, 0.3) is 0 Å². The van der Waals surface area contributed by atoms with Crippen LogP contribution in [0.3, 0.4) is 0 Å². The van der Waals surface area contributed by atoms with Crippen molar-refractivity contribution in [3.63, 3.8) is 0 Å². The lowest BCUT2D eigenvalue weighted by molar-refractivity contribution is 0.169. The fraction of sp³-hybridized carbons (Fsp3) is 0.636. The Hall–Kier alpha value is -1.13. The summed E-state index contributed by atoms with van der Waals surface area (Å²) in [5.41, 5.74) is 2.44. The van der Waals surface area contributed by atoms with E-state index in [0.717, 1.165) is 32.1 Å². The molecular formula is C22H37IN6S. The molecule has 0 aromatic carbocycles. The first-order valence-electron chi connectivity index (χ1n) is 10.6. The summed E-state index contributed by atoms with van der Waals surface area (Å²) >= 11 is 1.86. The van der Waals surface area contributed by atoms with Crippen LogP contribution in [0.4, 0.5) is 0 Å². The van der Waals surface area contributed by atoms with Crippen molar-refractivity contribution < 1.29 is 0 Å². The predicted octanol–water partition coefficient (Wildman–Crippen LogP) is 4.14. The van der Waals surface area contributed by atoms with E-state index in [1.807, 2.05) is 30.1 Å². The molecule has 0 bridgehead atoms. The van der Waals surface area contributed by atoms with Gasteiger partial charge in [-0.05, 0) is 42.7 Å². The van der Waals surface area contributed by atoms with Gasteiger partial charge in [-0.25, -0.2) is 0 Å². The van der Waals surface area contributed by atoms with Gasteiger partial charge in [0.25, 0.3) is 0 Å². The van der Waals surface area contributed by atoms with E-state index in [1.54, 1.807) is 0 Å². The van der Waals surface area contributed by atoms with Crippen LogP contribution < -0.4 is 5.32 Å². The van der Waals surface area contributed by atoms with Gasteiger partial charge < -0.3 is 10.2 Å². The highest BCUT2D eigenvalue weighted by Gasteiger charge is 2.21. The first-order valence-corrected chi connectivity index (χ1v) is 11.5. The van der Waals surface area contributed by atoms with E-state index in [1.165, 1.54) is 35.5 Å². The highest BCUT2D eigenvalue weighted by Crippen LogP contribution is 2.21. The summed E-state index contributed by atoms with van der Waals surface area (Å²) in [6, 6.07) is 4.39. The van der Waals surface area contributed by atoms with Gasteiger partial charge in [0.2, 0.25) is 0 Å². The summed E-state index contributed by atoms with van der Waals surface area (Å²) < 4.78 is 1.92. The molecular weight excluding hydrogens is 507 g/mol. The molecule has 8 heteroatoms. The van der Waals surface area contributed by atoms with Gasteiger partial charge in [0.05, 0.1) is 5.69 Å². The van der Waals surface area contributed by atoms with Crippen molar-refractivity contribution in [2.45, 2.75) is 45.7 Å². The van der Waals surface area contributed by atoms with Crippen molar-refractivity contribution in [2.24, 2.45) is 18.0 Å². The summed E-state index contributed by atoms with van der Waals surface area (Å²) in [7, 11) is 5.97. The zero-order chi connectivity index (χ0) is 20.8. The number of halogens is 1. The van der Waals surface area contributed by atoms with Gasteiger partial charge in [0.1, 0.15) is 0 Å². The molecule has 3 rings (SSSR count). The van der Waals surface area contributed by atoms with Gasteiger partial charge in [-0.1, -0.05) is 19.9 Å². The number of aliphatic imine (C=N–C) groups is 1. The number of nitrogens with one attached hydrogen (secondary N) is 1. The highest BCUT2D eigenvalue weighted by atomic mass is 127. The normalized spacial score (nSPS) is 17.8. The number of guanidine groups is 1. The minimum absolute atomic E-state index is 0. The Morgan fingerprint density at radius 1 is 1.43 bits per heavy atom. The third-order valence-corrected chi connectivity index (χ3v) is 6.44. The molecule has 1 atom stereocenters. The quantitative estimate of drug-likeness (QED) is 0.324. The average Bonchev–Trinajstić information content (AvgIpc) is 3.32. The second kappa shape index (κ2) is 12.0. The highest BCUT2D eigenvalue weighted by molar-refractivity contribution is 14.0. The first-order chi connectivity index (χ1) is 14.0. The van der Waals surface area contributed by atoms with Crippen molar-refractivity contribution in [3.8, 4) is 0 Å². The maximum Gasteiger partial charge on any atom is 0.193 e. The van der Waals surface area contributed by atoms with E-state index in [0.29, 0.717) is 11.8 Å². The topological polar surface area (TPSA) is 48.7 Å². The SMILES string of the molecule is CN=C(NCC1CCCN(Cc2cccs2)C1)N(C)Cc1cn(C)nc1C(C)C.I. The number of thiophene rings is 1. The Labute approximate surface area is 202 Å². The zero-order valence-corrected chi connectivity index (χ0v) is 22.1. The Balaban J connectivity index is 0.00000320. The molecule has 30 heavy (non-hydrogen) atoms. The van der Waals surface area contributed by atoms with Gasteiger partial charge in [-0.3, -0.25) is 14.6 Å². The monoisotopic (exact) mass is 544 g/mol. The lowest BCUT2D eigenvalue weighted by Gasteiger charge is -2.33. The number of hydrogen-bond donors (Lipinski definition) is 1. The molecule has 0 radical (unpaired) electrons. The molecule has 3 heterocycles. The fourth-order valence-corrected chi connectivity index (χ4v) is 4.94. The minimum Gasteiger partial charge on any atom is -0.356 e. The number of aromatic nitrogens is 2. The summed E-state index contributed by atoms with van der Waals surface area (Å²) in [5, 5.41) is 10.4. The zero-order valence-electron chi connectivity index (χ0n) is 19.0. The Kier molecular flexibility index (Phi) is 10.1. The molecule has 0 aliphatic carbocycles. The molecule has 0 spiro atoms. The Bertz CT molecular complexity index is 786. The number of nitrogens with zero attached hydrogens (tertiary/aromatic N) is 5. The van der Waals surface area contributed by atoms with E-state index in [4.69, 9.17) is 0 Å². The van der Waals surface area contributed by atoms with Gasteiger partial charge in [0, 0.05) is 64.0 Å². The minimum atomic E-state index is 0. The third kappa shape index (κ3) is 6.95. The summed E-state index contributed by atoms with van der Waals surface area (Å²) in [6.07, 6.45) is 4.69. The average molecular weight is 545 g/mol. The number of hydrogen-bond acceptors (Lipinski definition) is 4. The maximum absolute atomic E-state index is 4.63. The lowest BCUT2D eigenvalue weighted by Crippen LogP contribution is -2.44. The third-order valence-electron chi connectivity index (χ3n) is 5.58. The first kappa shape index (κ1) is 25.1. The second-order valence-electron chi connectivity index (χ2n) is 8.47. The van der Waals surface area contributed by atoms with Gasteiger partial charge in [-0.15, -0.1) is 35.3 Å².